The number of amides is 1. The quantitative estimate of drug-likeness (QED) is 0.796. The van der Waals surface area contributed by atoms with Gasteiger partial charge in [-0.3, -0.25) is 4.90 Å². The first-order valence-electron chi connectivity index (χ1n) is 7.32. The van der Waals surface area contributed by atoms with Crippen LogP contribution in [0.4, 0.5) is 4.79 Å². The summed E-state index contributed by atoms with van der Waals surface area (Å²) in [5, 5.41) is 2.93. The average molecular weight is 269 g/mol. The first-order valence-corrected chi connectivity index (χ1v) is 7.32. The van der Waals surface area contributed by atoms with Crippen LogP contribution < -0.4 is 11.1 Å². The smallest absolute Gasteiger partial charge is 0.407 e. The molecular formula is C14H27N3O2. The van der Waals surface area contributed by atoms with E-state index in [4.69, 9.17) is 10.5 Å². The second-order valence-corrected chi connectivity index (χ2v) is 6.87. The van der Waals surface area contributed by atoms with E-state index in [1.54, 1.807) is 0 Å². The second kappa shape index (κ2) is 5.67. The van der Waals surface area contributed by atoms with Crippen LogP contribution in [-0.4, -0.2) is 47.8 Å². The Kier molecular flexibility index (Phi) is 4.36. The third-order valence-electron chi connectivity index (χ3n) is 3.84. The van der Waals surface area contributed by atoms with Crippen molar-refractivity contribution in [3.63, 3.8) is 0 Å². The van der Waals surface area contributed by atoms with Crippen molar-refractivity contribution >= 4 is 6.09 Å². The molecule has 1 heterocycles. The molecule has 0 aromatic heterocycles. The number of hydrogen-bond donors (Lipinski definition) is 2. The summed E-state index contributed by atoms with van der Waals surface area (Å²) in [6.07, 6.45) is 4.08. The second-order valence-electron chi connectivity index (χ2n) is 6.87. The lowest BCUT2D eigenvalue weighted by Crippen LogP contribution is -2.57. The Balaban J connectivity index is 1.67. The van der Waals surface area contributed by atoms with Crippen molar-refractivity contribution in [3.05, 3.63) is 0 Å². The van der Waals surface area contributed by atoms with E-state index in [2.05, 4.69) is 10.2 Å². The molecule has 0 bridgehead atoms. The highest BCUT2D eigenvalue weighted by Gasteiger charge is 2.36. The van der Waals surface area contributed by atoms with Gasteiger partial charge in [-0.2, -0.15) is 0 Å². The first kappa shape index (κ1) is 14.6. The highest BCUT2D eigenvalue weighted by molar-refractivity contribution is 5.68. The lowest BCUT2D eigenvalue weighted by atomic mass is 9.84. The number of nitrogens with zero attached hydrogens (tertiary/aromatic N) is 1. The topological polar surface area (TPSA) is 67.6 Å². The van der Waals surface area contributed by atoms with Gasteiger partial charge >= 0.3 is 6.09 Å². The molecule has 2 rings (SSSR count). The van der Waals surface area contributed by atoms with Crippen LogP contribution in [-0.2, 0) is 4.74 Å². The van der Waals surface area contributed by atoms with Crippen LogP contribution in [0.5, 0.6) is 0 Å². The summed E-state index contributed by atoms with van der Waals surface area (Å²) in [6, 6.07) is 1.18. The van der Waals surface area contributed by atoms with Crippen LogP contribution in [0.2, 0.25) is 0 Å². The molecule has 2 aliphatic rings. The molecule has 1 aliphatic heterocycles. The number of carbonyl (C=O) groups excluding carboxylic acids is 1. The van der Waals surface area contributed by atoms with E-state index in [-0.39, 0.29) is 12.1 Å². The molecule has 3 N–H and O–H groups in total. The Morgan fingerprint density at radius 3 is 2.63 bits per heavy atom. The Labute approximate surface area is 115 Å². The van der Waals surface area contributed by atoms with Gasteiger partial charge in [0.15, 0.2) is 0 Å². The van der Waals surface area contributed by atoms with Crippen molar-refractivity contribution in [1.82, 2.24) is 10.2 Å². The predicted octanol–water partition coefficient (Wildman–Crippen LogP) is 1.47. The van der Waals surface area contributed by atoms with Crippen LogP contribution in [0.1, 0.15) is 46.5 Å². The van der Waals surface area contributed by atoms with Crippen LogP contribution in [0.25, 0.3) is 0 Å². The van der Waals surface area contributed by atoms with Gasteiger partial charge in [0.1, 0.15) is 5.60 Å². The van der Waals surface area contributed by atoms with E-state index in [0.717, 1.165) is 32.4 Å². The Morgan fingerprint density at radius 1 is 1.37 bits per heavy atom. The summed E-state index contributed by atoms with van der Waals surface area (Å²) in [6.45, 7) is 7.79. The van der Waals surface area contributed by atoms with Crippen LogP contribution in [0.3, 0.4) is 0 Å². The molecule has 0 aromatic carbocycles. The van der Waals surface area contributed by atoms with E-state index >= 15 is 0 Å². The fraction of sp³-hybridized carbons (Fsp3) is 0.929. The van der Waals surface area contributed by atoms with E-state index in [0.29, 0.717) is 12.1 Å². The number of likely N-dealkylation sites (tertiary alicyclic amines) is 1. The molecule has 0 aromatic rings. The van der Waals surface area contributed by atoms with Crippen LogP contribution in [0.15, 0.2) is 0 Å². The number of nitrogens with two attached hydrogens (primary N) is 1. The summed E-state index contributed by atoms with van der Waals surface area (Å²) in [7, 11) is 0. The maximum absolute atomic E-state index is 11.6. The molecule has 1 amide bonds. The van der Waals surface area contributed by atoms with Gasteiger partial charge < -0.3 is 15.8 Å². The fourth-order valence-electron chi connectivity index (χ4n) is 2.85. The van der Waals surface area contributed by atoms with Crippen molar-refractivity contribution < 1.29 is 9.53 Å². The minimum absolute atomic E-state index is 0.262. The Hall–Kier alpha value is -0.810. The summed E-state index contributed by atoms with van der Waals surface area (Å²) >= 11 is 0. The SMILES string of the molecule is CC(C)(C)OC(=O)NC1CC(N2CCC[C@@H](N)C2)C1. The van der Waals surface area contributed by atoms with Gasteiger partial charge in [0.05, 0.1) is 0 Å². The standard InChI is InChI=1S/C14H27N3O2/c1-14(2,3)19-13(18)16-11-7-12(8-11)17-6-4-5-10(15)9-17/h10-12H,4-9,15H2,1-3H3,(H,16,18)/t10-,11?,12?/m1/s1. The molecule has 1 saturated heterocycles. The molecule has 1 saturated carbocycles. The fourth-order valence-corrected chi connectivity index (χ4v) is 2.85. The number of piperidine rings is 1. The Morgan fingerprint density at radius 2 is 2.05 bits per heavy atom. The van der Waals surface area contributed by atoms with Crippen LogP contribution in [0, 0.1) is 0 Å². The summed E-state index contributed by atoms with van der Waals surface area (Å²) in [5.41, 5.74) is 5.57. The zero-order valence-electron chi connectivity index (χ0n) is 12.3. The molecule has 1 aliphatic carbocycles. The minimum Gasteiger partial charge on any atom is -0.444 e. The monoisotopic (exact) mass is 269 g/mol. The van der Waals surface area contributed by atoms with E-state index in [9.17, 15) is 4.79 Å². The maximum Gasteiger partial charge on any atom is 0.407 e. The van der Waals surface area contributed by atoms with Gasteiger partial charge in [0.2, 0.25) is 0 Å². The highest BCUT2D eigenvalue weighted by Crippen LogP contribution is 2.28. The van der Waals surface area contributed by atoms with Crippen molar-refractivity contribution in [2.75, 3.05) is 13.1 Å². The van der Waals surface area contributed by atoms with E-state index in [1.807, 2.05) is 20.8 Å². The Bertz CT molecular complexity index is 321. The number of hydrogen-bond acceptors (Lipinski definition) is 4. The first-order chi connectivity index (χ1) is 8.83. The third-order valence-corrected chi connectivity index (χ3v) is 3.84. The number of alkyl carbamates (subject to hydrolysis) is 1. The molecule has 2 fully saturated rings. The zero-order chi connectivity index (χ0) is 14.0. The molecule has 5 heteroatoms. The molecule has 19 heavy (non-hydrogen) atoms. The van der Waals surface area contributed by atoms with Gasteiger partial charge in [-0.05, 0) is 53.0 Å². The largest absolute Gasteiger partial charge is 0.444 e. The molecular weight excluding hydrogens is 242 g/mol. The normalized spacial score (nSPS) is 32.5. The molecule has 0 radical (unpaired) electrons. The lowest BCUT2D eigenvalue weighted by molar-refractivity contribution is 0.0350. The van der Waals surface area contributed by atoms with Gasteiger partial charge in [-0.15, -0.1) is 0 Å². The average Bonchev–Trinajstić information content (AvgIpc) is 2.20. The lowest BCUT2D eigenvalue weighted by Gasteiger charge is -2.45. The molecule has 5 nitrogen and oxygen atoms in total. The molecule has 1 atom stereocenters. The summed E-state index contributed by atoms with van der Waals surface area (Å²) in [5.74, 6) is 0. The van der Waals surface area contributed by atoms with E-state index < -0.39 is 5.60 Å². The highest BCUT2D eigenvalue weighted by atomic mass is 16.6. The molecule has 110 valence electrons. The van der Waals surface area contributed by atoms with Crippen LogP contribution >= 0.6 is 0 Å². The number of nitrogens with one attached hydrogen (secondary N) is 1. The summed E-state index contributed by atoms with van der Waals surface area (Å²) in [4.78, 5) is 14.1. The van der Waals surface area contributed by atoms with Crippen molar-refractivity contribution in [2.24, 2.45) is 5.73 Å². The van der Waals surface area contributed by atoms with Crippen molar-refractivity contribution in [2.45, 2.75) is 70.2 Å². The van der Waals surface area contributed by atoms with Crippen molar-refractivity contribution in [1.29, 1.82) is 0 Å². The number of ether oxygens (including phenoxy) is 1. The van der Waals surface area contributed by atoms with Gasteiger partial charge in [0, 0.05) is 24.7 Å². The zero-order valence-corrected chi connectivity index (χ0v) is 12.3. The van der Waals surface area contributed by atoms with Gasteiger partial charge in [-0.1, -0.05) is 0 Å². The maximum atomic E-state index is 11.6. The molecule has 0 unspecified atom stereocenters. The van der Waals surface area contributed by atoms with E-state index in [1.165, 1.54) is 6.42 Å². The molecule has 0 spiro atoms. The third kappa shape index (κ3) is 4.35. The minimum atomic E-state index is -0.424. The predicted molar refractivity (Wildman–Crippen MR) is 75.0 cm³/mol. The van der Waals surface area contributed by atoms with Gasteiger partial charge in [-0.25, -0.2) is 4.79 Å². The van der Waals surface area contributed by atoms with Gasteiger partial charge in [0.25, 0.3) is 0 Å². The van der Waals surface area contributed by atoms with Crippen molar-refractivity contribution in [3.8, 4) is 0 Å². The number of carbonyl (C=O) groups is 1. The summed E-state index contributed by atoms with van der Waals surface area (Å²) < 4.78 is 5.26. The number of rotatable bonds is 2.